The van der Waals surface area contributed by atoms with Gasteiger partial charge in [0.15, 0.2) is 5.17 Å². The second-order valence-corrected chi connectivity index (χ2v) is 7.27. The Hall–Kier alpha value is -2.48. The highest BCUT2D eigenvalue weighted by Gasteiger charge is 2.61. The maximum absolute atomic E-state index is 14.0. The number of amidine groups is 1. The van der Waals surface area contributed by atoms with Gasteiger partial charge in [0.1, 0.15) is 0 Å². The highest BCUT2D eigenvalue weighted by atomic mass is 32.2. The number of aliphatic imine (C=N–C) groups is 1. The molecule has 1 atom stereocenters. The Morgan fingerprint density at radius 2 is 1.85 bits per heavy atom. The molecule has 2 aromatic rings. The number of thioether (sulfide) groups is 1. The van der Waals surface area contributed by atoms with E-state index in [9.17, 15) is 18.0 Å². The van der Waals surface area contributed by atoms with Gasteiger partial charge in [-0.15, -0.1) is 0 Å². The lowest BCUT2D eigenvalue weighted by atomic mass is 9.98. The summed E-state index contributed by atoms with van der Waals surface area (Å²) in [6, 6.07) is 10.1. The monoisotopic (exact) mass is 377 g/mol. The number of hydrogen-bond acceptors (Lipinski definition) is 3. The molecule has 4 nitrogen and oxygen atoms in total. The Bertz CT molecular complexity index is 943. The number of nitrogens with zero attached hydrogens (tertiary/aromatic N) is 2. The first-order chi connectivity index (χ1) is 12.2. The Balaban J connectivity index is 1.92. The Morgan fingerprint density at radius 1 is 1.15 bits per heavy atom. The number of aryl methyl sites for hydroxylation is 2. The van der Waals surface area contributed by atoms with Crippen LogP contribution in [-0.4, -0.2) is 17.4 Å². The van der Waals surface area contributed by atoms with Gasteiger partial charge in [0, 0.05) is 10.5 Å². The fourth-order valence-corrected chi connectivity index (χ4v) is 4.52. The summed E-state index contributed by atoms with van der Waals surface area (Å²) in [5.74, 6) is 0. The van der Waals surface area contributed by atoms with Gasteiger partial charge in [-0.2, -0.15) is 13.2 Å². The quantitative estimate of drug-likeness (QED) is 0.782. The molecule has 0 radical (unpaired) electrons. The summed E-state index contributed by atoms with van der Waals surface area (Å²) >= 11 is 1.08. The van der Waals surface area contributed by atoms with Crippen LogP contribution in [0.15, 0.2) is 52.4 Å². The van der Waals surface area contributed by atoms with Crippen molar-refractivity contribution in [3.63, 3.8) is 0 Å². The van der Waals surface area contributed by atoms with Crippen LogP contribution >= 0.6 is 11.8 Å². The standard InChI is InChI=1S/C18H14F3N3OS/c1-10-8-11(2)14-13(9-10)26-16-23-17(18(19,20)21,22-15(25)24(14)16)12-6-4-3-5-7-12/h3-9H,1-2H3,(H,22,25)/t17-/m1/s1. The maximum atomic E-state index is 14.0. The predicted octanol–water partition coefficient (Wildman–Crippen LogP) is 4.71. The van der Waals surface area contributed by atoms with Crippen LogP contribution in [0.2, 0.25) is 0 Å². The summed E-state index contributed by atoms with van der Waals surface area (Å²) in [5, 5.41) is 2.13. The van der Waals surface area contributed by atoms with E-state index in [1.165, 1.54) is 29.2 Å². The third-order valence-corrected chi connectivity index (χ3v) is 5.37. The number of carbonyl (C=O) groups is 1. The van der Waals surface area contributed by atoms with Crippen molar-refractivity contribution < 1.29 is 18.0 Å². The predicted molar refractivity (Wildman–Crippen MR) is 94.4 cm³/mol. The first-order valence-electron chi connectivity index (χ1n) is 7.86. The number of hydrogen-bond donors (Lipinski definition) is 1. The number of carbonyl (C=O) groups excluding carboxylic acids is 1. The Labute approximate surface area is 152 Å². The number of urea groups is 1. The number of rotatable bonds is 1. The molecule has 1 N–H and O–H groups in total. The van der Waals surface area contributed by atoms with E-state index in [0.717, 1.165) is 27.8 Å². The van der Waals surface area contributed by atoms with Gasteiger partial charge in [0.25, 0.3) is 5.66 Å². The summed E-state index contributed by atoms with van der Waals surface area (Å²) in [7, 11) is 0. The van der Waals surface area contributed by atoms with E-state index in [4.69, 9.17) is 0 Å². The Morgan fingerprint density at radius 3 is 2.50 bits per heavy atom. The van der Waals surface area contributed by atoms with Crippen LogP contribution in [0.25, 0.3) is 0 Å². The fourth-order valence-electron chi connectivity index (χ4n) is 3.28. The minimum atomic E-state index is -4.79. The second kappa shape index (κ2) is 5.51. The molecule has 0 aromatic heterocycles. The molecule has 2 aliphatic heterocycles. The third kappa shape index (κ3) is 2.32. The molecule has 0 unspecified atom stereocenters. The van der Waals surface area contributed by atoms with Crippen LogP contribution in [-0.2, 0) is 5.66 Å². The molecule has 0 bridgehead atoms. The van der Waals surface area contributed by atoms with Crippen LogP contribution in [0.1, 0.15) is 16.7 Å². The van der Waals surface area contributed by atoms with E-state index < -0.39 is 17.9 Å². The number of halogens is 3. The summed E-state index contributed by atoms with van der Waals surface area (Å²) in [6.45, 7) is 3.72. The molecule has 0 fully saturated rings. The zero-order chi connectivity index (χ0) is 18.7. The summed E-state index contributed by atoms with van der Waals surface area (Å²) in [5.41, 5.74) is -0.556. The maximum Gasteiger partial charge on any atom is 0.436 e. The van der Waals surface area contributed by atoms with Gasteiger partial charge in [-0.3, -0.25) is 0 Å². The van der Waals surface area contributed by atoms with Gasteiger partial charge >= 0.3 is 12.2 Å². The minimum Gasteiger partial charge on any atom is -0.301 e. The van der Waals surface area contributed by atoms with E-state index in [1.807, 2.05) is 26.0 Å². The Kier molecular flexibility index (Phi) is 3.59. The molecule has 0 aliphatic carbocycles. The molecule has 134 valence electrons. The highest BCUT2D eigenvalue weighted by Crippen LogP contribution is 2.49. The van der Waals surface area contributed by atoms with E-state index in [0.29, 0.717) is 5.69 Å². The van der Waals surface area contributed by atoms with Crippen molar-refractivity contribution in [1.29, 1.82) is 0 Å². The van der Waals surface area contributed by atoms with E-state index in [-0.39, 0.29) is 10.7 Å². The van der Waals surface area contributed by atoms with Crippen molar-refractivity contribution in [3.05, 3.63) is 59.2 Å². The molecule has 0 saturated heterocycles. The molecule has 26 heavy (non-hydrogen) atoms. The molecule has 0 saturated carbocycles. The minimum absolute atomic E-state index is 0.0265. The van der Waals surface area contributed by atoms with Gasteiger partial charge in [0.2, 0.25) is 0 Å². The highest BCUT2D eigenvalue weighted by molar-refractivity contribution is 8.15. The average Bonchev–Trinajstić information content (AvgIpc) is 2.93. The topological polar surface area (TPSA) is 44.7 Å². The smallest absolute Gasteiger partial charge is 0.301 e. The zero-order valence-corrected chi connectivity index (χ0v) is 14.7. The number of anilines is 1. The number of alkyl halides is 3. The van der Waals surface area contributed by atoms with Crippen molar-refractivity contribution in [1.82, 2.24) is 5.32 Å². The van der Waals surface area contributed by atoms with Crippen LogP contribution in [0.5, 0.6) is 0 Å². The molecular formula is C18H14F3N3OS. The summed E-state index contributed by atoms with van der Waals surface area (Å²) in [4.78, 5) is 18.7. The van der Waals surface area contributed by atoms with Crippen LogP contribution < -0.4 is 10.2 Å². The largest absolute Gasteiger partial charge is 0.436 e. The van der Waals surface area contributed by atoms with Crippen molar-refractivity contribution in [2.24, 2.45) is 4.99 Å². The number of fused-ring (bicyclic) bond motifs is 3. The van der Waals surface area contributed by atoms with Crippen LogP contribution in [0, 0.1) is 13.8 Å². The van der Waals surface area contributed by atoms with Crippen molar-refractivity contribution in [2.45, 2.75) is 30.6 Å². The second-order valence-electron chi connectivity index (χ2n) is 6.26. The number of amides is 2. The third-order valence-electron chi connectivity index (χ3n) is 4.38. The lowest BCUT2D eigenvalue weighted by Crippen LogP contribution is -2.62. The fraction of sp³-hybridized carbons (Fsp3) is 0.222. The van der Waals surface area contributed by atoms with E-state index in [1.54, 1.807) is 6.07 Å². The van der Waals surface area contributed by atoms with Gasteiger partial charge in [0.05, 0.1) is 5.69 Å². The molecule has 2 heterocycles. The van der Waals surface area contributed by atoms with Gasteiger partial charge in [-0.05, 0) is 42.8 Å². The molecule has 2 aliphatic rings. The summed E-state index contributed by atoms with van der Waals surface area (Å²) in [6.07, 6.45) is -4.79. The first-order valence-corrected chi connectivity index (χ1v) is 8.68. The van der Waals surface area contributed by atoms with Gasteiger partial charge < -0.3 is 5.32 Å². The van der Waals surface area contributed by atoms with Gasteiger partial charge in [-0.1, -0.05) is 36.4 Å². The molecule has 4 rings (SSSR count). The molecule has 8 heteroatoms. The van der Waals surface area contributed by atoms with Crippen molar-refractivity contribution >= 4 is 28.6 Å². The van der Waals surface area contributed by atoms with Crippen LogP contribution in [0.4, 0.5) is 23.7 Å². The normalized spacial score (nSPS) is 21.8. The summed E-state index contributed by atoms with van der Waals surface area (Å²) < 4.78 is 42.1. The SMILES string of the molecule is Cc1cc(C)c2c(c1)SC1=N[C@](c3ccccc3)(C(F)(F)F)NC(=O)N12. The number of nitrogens with one attached hydrogen (secondary N) is 1. The number of benzene rings is 2. The molecule has 0 spiro atoms. The average molecular weight is 377 g/mol. The van der Waals surface area contributed by atoms with E-state index >= 15 is 0 Å². The molecular weight excluding hydrogens is 363 g/mol. The van der Waals surface area contributed by atoms with E-state index in [2.05, 4.69) is 10.3 Å². The van der Waals surface area contributed by atoms with Crippen molar-refractivity contribution in [3.8, 4) is 0 Å². The lowest BCUT2D eigenvalue weighted by Gasteiger charge is -2.38. The van der Waals surface area contributed by atoms with Gasteiger partial charge in [-0.25, -0.2) is 14.7 Å². The zero-order valence-electron chi connectivity index (χ0n) is 13.9. The molecule has 2 aromatic carbocycles. The first kappa shape index (κ1) is 17.0. The van der Waals surface area contributed by atoms with Crippen molar-refractivity contribution in [2.75, 3.05) is 4.90 Å². The lowest BCUT2D eigenvalue weighted by molar-refractivity contribution is -0.195. The van der Waals surface area contributed by atoms with Crippen LogP contribution in [0.3, 0.4) is 0 Å². The molecule has 2 amide bonds.